The lowest BCUT2D eigenvalue weighted by Gasteiger charge is -2.31. The minimum absolute atomic E-state index is 0.107. The monoisotopic (exact) mass is 426 g/mol. The van der Waals surface area contributed by atoms with E-state index in [1.54, 1.807) is 53.4 Å². The molecule has 0 radical (unpaired) electrons. The Hall–Kier alpha value is -3.19. The molecule has 0 spiro atoms. The number of imide groups is 1. The lowest BCUT2D eigenvalue weighted by molar-refractivity contribution is -0.152. The second-order valence-electron chi connectivity index (χ2n) is 7.25. The summed E-state index contributed by atoms with van der Waals surface area (Å²) < 4.78 is 5.26. The zero-order valence-electron chi connectivity index (χ0n) is 16.0. The number of hydrogen-bond acceptors (Lipinski definition) is 5. The molecule has 4 rings (SSSR count). The van der Waals surface area contributed by atoms with Gasteiger partial charge in [-0.25, -0.2) is 4.90 Å². The topological polar surface area (TPSA) is 84.0 Å². The summed E-state index contributed by atoms with van der Waals surface area (Å²) in [6.07, 6.45) is 0.917. The molecular weight excluding hydrogens is 408 g/mol. The van der Waals surface area contributed by atoms with Gasteiger partial charge in [0, 0.05) is 23.7 Å². The first-order chi connectivity index (χ1) is 14.5. The van der Waals surface area contributed by atoms with Crippen LogP contribution in [0.1, 0.15) is 43.9 Å². The minimum Gasteiger partial charge on any atom is -0.443 e. The van der Waals surface area contributed by atoms with Crippen LogP contribution in [-0.2, 0) is 9.53 Å². The van der Waals surface area contributed by atoms with Crippen molar-refractivity contribution in [2.45, 2.75) is 12.8 Å². The summed E-state index contributed by atoms with van der Waals surface area (Å²) in [4.78, 5) is 52.3. The Labute approximate surface area is 178 Å². The molecule has 0 atom stereocenters. The third-order valence-electron chi connectivity index (χ3n) is 5.42. The molecular formula is C22H19ClN2O5. The quantitative estimate of drug-likeness (QED) is 0.554. The molecule has 2 aliphatic rings. The fourth-order valence-corrected chi connectivity index (χ4v) is 3.82. The first kappa shape index (κ1) is 20.1. The Morgan fingerprint density at radius 3 is 2.07 bits per heavy atom. The molecule has 30 heavy (non-hydrogen) atoms. The van der Waals surface area contributed by atoms with Crippen LogP contribution in [0.25, 0.3) is 0 Å². The number of piperidine rings is 1. The molecule has 7 nitrogen and oxygen atoms in total. The van der Waals surface area contributed by atoms with Crippen LogP contribution in [0.5, 0.6) is 0 Å². The molecule has 2 heterocycles. The van der Waals surface area contributed by atoms with Crippen LogP contribution >= 0.6 is 11.6 Å². The zero-order chi connectivity index (χ0) is 21.3. The van der Waals surface area contributed by atoms with E-state index in [4.69, 9.17) is 16.3 Å². The highest BCUT2D eigenvalue weighted by Crippen LogP contribution is 2.24. The number of halogens is 1. The number of carbonyl (C=O) groups excluding carboxylic acids is 4. The van der Waals surface area contributed by atoms with Crippen LogP contribution in [0, 0.1) is 5.92 Å². The maximum absolute atomic E-state index is 12.6. The smallest absolute Gasteiger partial charge is 0.310 e. The van der Waals surface area contributed by atoms with Gasteiger partial charge in [0.15, 0.2) is 6.73 Å². The Kier molecular flexibility index (Phi) is 5.55. The number of fused-ring (bicyclic) bond motifs is 1. The van der Waals surface area contributed by atoms with Crippen molar-refractivity contribution >= 4 is 35.3 Å². The molecule has 0 aromatic heterocycles. The lowest BCUT2D eigenvalue weighted by Crippen LogP contribution is -2.41. The van der Waals surface area contributed by atoms with E-state index >= 15 is 0 Å². The molecule has 8 heteroatoms. The molecule has 0 bridgehead atoms. The molecule has 1 fully saturated rings. The van der Waals surface area contributed by atoms with Crippen molar-refractivity contribution in [1.29, 1.82) is 0 Å². The molecule has 2 aromatic carbocycles. The second-order valence-corrected chi connectivity index (χ2v) is 7.69. The Morgan fingerprint density at radius 1 is 0.933 bits per heavy atom. The number of rotatable bonds is 4. The van der Waals surface area contributed by atoms with Crippen LogP contribution in [0.4, 0.5) is 0 Å². The lowest BCUT2D eigenvalue weighted by atomic mass is 9.96. The standard InChI is InChI=1S/C22H19ClN2O5/c23-16-7-5-14(6-8-16)19(26)24-11-9-15(10-12-24)22(29)30-13-25-20(27)17-3-1-2-4-18(17)21(25)28/h1-8,15H,9-13H2. The first-order valence-electron chi connectivity index (χ1n) is 9.62. The van der Waals surface area contributed by atoms with E-state index in [1.807, 2.05) is 0 Å². The highest BCUT2D eigenvalue weighted by atomic mass is 35.5. The van der Waals surface area contributed by atoms with Gasteiger partial charge in [-0.1, -0.05) is 23.7 Å². The Balaban J connectivity index is 1.29. The maximum Gasteiger partial charge on any atom is 0.310 e. The Bertz CT molecular complexity index is 977. The zero-order valence-corrected chi connectivity index (χ0v) is 16.8. The van der Waals surface area contributed by atoms with Crippen molar-refractivity contribution in [2.75, 3.05) is 19.8 Å². The van der Waals surface area contributed by atoms with E-state index in [9.17, 15) is 19.2 Å². The second kappa shape index (κ2) is 8.28. The predicted octanol–water partition coefficient (Wildman–Crippen LogP) is 2.99. The summed E-state index contributed by atoms with van der Waals surface area (Å²) in [5.74, 6) is -1.89. The highest BCUT2D eigenvalue weighted by molar-refractivity contribution is 6.30. The Morgan fingerprint density at radius 2 is 1.50 bits per heavy atom. The summed E-state index contributed by atoms with van der Waals surface area (Å²) in [6, 6.07) is 13.2. The van der Waals surface area contributed by atoms with Gasteiger partial charge in [0.2, 0.25) is 0 Å². The maximum atomic E-state index is 12.6. The molecule has 0 saturated carbocycles. The first-order valence-corrected chi connectivity index (χ1v) is 10.00. The third-order valence-corrected chi connectivity index (χ3v) is 5.67. The fourth-order valence-electron chi connectivity index (χ4n) is 3.70. The van der Waals surface area contributed by atoms with Gasteiger partial charge in [0.25, 0.3) is 17.7 Å². The number of amides is 3. The molecule has 1 saturated heterocycles. The number of ether oxygens (including phenoxy) is 1. The molecule has 2 aromatic rings. The molecule has 0 unspecified atom stereocenters. The molecule has 0 aliphatic carbocycles. The van der Waals surface area contributed by atoms with Gasteiger partial charge in [-0.3, -0.25) is 19.2 Å². The molecule has 2 aliphatic heterocycles. The summed E-state index contributed by atoms with van der Waals surface area (Å²) in [5, 5.41) is 0.561. The molecule has 3 amide bonds. The van der Waals surface area contributed by atoms with Crippen LogP contribution < -0.4 is 0 Å². The van der Waals surface area contributed by atoms with Crippen LogP contribution in [0.15, 0.2) is 48.5 Å². The number of benzene rings is 2. The van der Waals surface area contributed by atoms with Crippen molar-refractivity contribution in [3.05, 3.63) is 70.2 Å². The molecule has 0 N–H and O–H groups in total. The van der Waals surface area contributed by atoms with Gasteiger partial charge in [0.1, 0.15) is 0 Å². The fraction of sp³-hybridized carbons (Fsp3) is 0.273. The van der Waals surface area contributed by atoms with Crippen molar-refractivity contribution in [2.24, 2.45) is 5.92 Å². The van der Waals surface area contributed by atoms with Crippen molar-refractivity contribution < 1.29 is 23.9 Å². The van der Waals surface area contributed by atoms with Crippen LogP contribution in [0.2, 0.25) is 5.02 Å². The number of likely N-dealkylation sites (tertiary alicyclic amines) is 1. The van der Waals surface area contributed by atoms with Crippen LogP contribution in [-0.4, -0.2) is 53.3 Å². The van der Waals surface area contributed by atoms with Crippen molar-refractivity contribution in [3.8, 4) is 0 Å². The minimum atomic E-state index is -0.467. The van der Waals surface area contributed by atoms with E-state index in [0.29, 0.717) is 47.6 Å². The predicted molar refractivity (Wildman–Crippen MR) is 108 cm³/mol. The average Bonchev–Trinajstić information content (AvgIpc) is 3.02. The average molecular weight is 427 g/mol. The van der Waals surface area contributed by atoms with Crippen LogP contribution in [0.3, 0.4) is 0 Å². The summed E-state index contributed by atoms with van der Waals surface area (Å²) >= 11 is 5.86. The highest BCUT2D eigenvalue weighted by Gasteiger charge is 2.36. The summed E-state index contributed by atoms with van der Waals surface area (Å²) in [6.45, 7) is 0.442. The van der Waals surface area contributed by atoms with Crippen molar-refractivity contribution in [1.82, 2.24) is 9.80 Å². The SMILES string of the molecule is O=C(OCN1C(=O)c2ccccc2C1=O)C1CCN(C(=O)c2ccc(Cl)cc2)CC1. The van der Waals surface area contributed by atoms with Crippen molar-refractivity contribution in [3.63, 3.8) is 0 Å². The van der Waals surface area contributed by atoms with E-state index in [1.165, 1.54) is 0 Å². The van der Waals surface area contributed by atoms with Gasteiger partial charge in [-0.15, -0.1) is 0 Å². The van der Waals surface area contributed by atoms with E-state index < -0.39 is 24.5 Å². The number of esters is 1. The molecule has 154 valence electrons. The number of hydrogen-bond donors (Lipinski definition) is 0. The normalized spacial score (nSPS) is 16.6. The van der Waals surface area contributed by atoms with Gasteiger partial charge in [0.05, 0.1) is 17.0 Å². The largest absolute Gasteiger partial charge is 0.443 e. The van der Waals surface area contributed by atoms with Gasteiger partial charge < -0.3 is 9.64 Å². The third kappa shape index (κ3) is 3.80. The number of carbonyl (C=O) groups is 4. The van der Waals surface area contributed by atoms with E-state index in [-0.39, 0.29) is 11.8 Å². The summed E-state index contributed by atoms with van der Waals surface area (Å²) in [7, 11) is 0. The summed E-state index contributed by atoms with van der Waals surface area (Å²) in [5.41, 5.74) is 1.17. The van der Waals surface area contributed by atoms with E-state index in [0.717, 1.165) is 4.90 Å². The van der Waals surface area contributed by atoms with Gasteiger partial charge in [-0.05, 0) is 49.2 Å². The van der Waals surface area contributed by atoms with Gasteiger partial charge >= 0.3 is 5.97 Å². The van der Waals surface area contributed by atoms with E-state index in [2.05, 4.69) is 0 Å². The van der Waals surface area contributed by atoms with Gasteiger partial charge in [-0.2, -0.15) is 0 Å². The number of nitrogens with zero attached hydrogens (tertiary/aromatic N) is 2.